The van der Waals surface area contributed by atoms with Crippen LogP contribution in [0.4, 0.5) is 17.6 Å². The number of methoxy groups -OCH3 is 1. The second-order valence-electron chi connectivity index (χ2n) is 8.62. The van der Waals surface area contributed by atoms with Crippen molar-refractivity contribution in [2.45, 2.75) is 38.5 Å². The summed E-state index contributed by atoms with van der Waals surface area (Å²) in [6, 6.07) is 13.3. The van der Waals surface area contributed by atoms with Gasteiger partial charge in [0.1, 0.15) is 0 Å². The molecule has 1 saturated carbocycles. The molecule has 33 heavy (non-hydrogen) atoms. The van der Waals surface area contributed by atoms with Gasteiger partial charge < -0.3 is 9.47 Å². The summed E-state index contributed by atoms with van der Waals surface area (Å²) in [6.07, 6.45) is 2.80. The minimum atomic E-state index is -1.08. The summed E-state index contributed by atoms with van der Waals surface area (Å²) >= 11 is 0. The smallest absolute Gasteiger partial charge is 0.204 e. The van der Waals surface area contributed by atoms with Gasteiger partial charge in [-0.1, -0.05) is 42.0 Å². The maximum absolute atomic E-state index is 14.9. The maximum Gasteiger partial charge on any atom is 0.204 e. The summed E-state index contributed by atoms with van der Waals surface area (Å²) in [7, 11) is 1.27. The standard InChI is InChI=1S/C27H26F4O2/c1-16-3-7-18(8-4-16)20-11-12-21(25(29)24(20)28)19-9-5-17(6-10-19)15-33-23-14-13-22(32-2)26(30)27(23)31/h3-4,7-8,11-14,17,19H,5-6,9-10,15H2,1-2H3. The highest BCUT2D eigenvalue weighted by molar-refractivity contribution is 5.65. The van der Waals surface area contributed by atoms with E-state index < -0.39 is 23.3 Å². The van der Waals surface area contributed by atoms with Gasteiger partial charge in [0.05, 0.1) is 13.7 Å². The molecule has 0 saturated heterocycles. The van der Waals surface area contributed by atoms with Crippen LogP contribution in [0.1, 0.15) is 42.7 Å². The van der Waals surface area contributed by atoms with Crippen molar-refractivity contribution in [1.29, 1.82) is 0 Å². The molecular formula is C27H26F4O2. The summed E-state index contributed by atoms with van der Waals surface area (Å²) in [6.45, 7) is 2.18. The second kappa shape index (κ2) is 9.86. The van der Waals surface area contributed by atoms with E-state index in [0.717, 1.165) is 18.4 Å². The lowest BCUT2D eigenvalue weighted by atomic mass is 9.78. The predicted molar refractivity (Wildman–Crippen MR) is 120 cm³/mol. The molecule has 3 aromatic rings. The Labute approximate surface area is 191 Å². The van der Waals surface area contributed by atoms with Crippen LogP contribution in [0.2, 0.25) is 0 Å². The number of rotatable bonds is 6. The van der Waals surface area contributed by atoms with Gasteiger partial charge in [-0.15, -0.1) is 0 Å². The van der Waals surface area contributed by atoms with Crippen LogP contribution in [-0.2, 0) is 0 Å². The molecule has 4 rings (SSSR count). The summed E-state index contributed by atoms with van der Waals surface area (Å²) in [5, 5.41) is 0. The Morgan fingerprint density at radius 3 is 2.03 bits per heavy atom. The zero-order valence-electron chi connectivity index (χ0n) is 18.6. The SMILES string of the molecule is COc1ccc(OCC2CCC(c3ccc(-c4ccc(C)cc4)c(F)c3F)CC2)c(F)c1F. The molecule has 0 atom stereocenters. The maximum atomic E-state index is 14.9. The first-order valence-corrected chi connectivity index (χ1v) is 11.1. The van der Waals surface area contributed by atoms with Crippen molar-refractivity contribution in [3.05, 3.63) is 82.9 Å². The van der Waals surface area contributed by atoms with Crippen LogP contribution in [0, 0.1) is 36.1 Å². The Balaban J connectivity index is 1.38. The first-order chi connectivity index (χ1) is 15.9. The van der Waals surface area contributed by atoms with Gasteiger partial charge in [-0.2, -0.15) is 8.78 Å². The van der Waals surface area contributed by atoms with Gasteiger partial charge in [0.15, 0.2) is 23.1 Å². The van der Waals surface area contributed by atoms with Crippen molar-refractivity contribution >= 4 is 0 Å². The molecular weight excluding hydrogens is 432 g/mol. The third kappa shape index (κ3) is 4.85. The third-order valence-electron chi connectivity index (χ3n) is 6.47. The zero-order chi connectivity index (χ0) is 23.5. The second-order valence-corrected chi connectivity index (χ2v) is 8.62. The molecule has 0 bridgehead atoms. The molecule has 174 valence electrons. The van der Waals surface area contributed by atoms with E-state index in [-0.39, 0.29) is 35.5 Å². The molecule has 0 heterocycles. The van der Waals surface area contributed by atoms with Crippen LogP contribution in [0.3, 0.4) is 0 Å². The van der Waals surface area contributed by atoms with E-state index >= 15 is 0 Å². The highest BCUT2D eigenvalue weighted by atomic mass is 19.2. The first kappa shape index (κ1) is 23.1. The molecule has 0 aromatic heterocycles. The Bertz CT molecular complexity index is 1120. The molecule has 3 aromatic carbocycles. The molecule has 0 unspecified atom stereocenters. The zero-order valence-corrected chi connectivity index (χ0v) is 18.6. The van der Waals surface area contributed by atoms with Crippen LogP contribution in [-0.4, -0.2) is 13.7 Å². The highest BCUT2D eigenvalue weighted by Gasteiger charge is 2.27. The summed E-state index contributed by atoms with van der Waals surface area (Å²) in [4.78, 5) is 0. The fourth-order valence-corrected chi connectivity index (χ4v) is 4.47. The van der Waals surface area contributed by atoms with Crippen molar-refractivity contribution in [3.8, 4) is 22.6 Å². The summed E-state index contributed by atoms with van der Waals surface area (Å²) in [5.41, 5.74) is 2.35. The van der Waals surface area contributed by atoms with Crippen LogP contribution in [0.5, 0.6) is 11.5 Å². The van der Waals surface area contributed by atoms with Crippen LogP contribution >= 0.6 is 0 Å². The Hall–Kier alpha value is -3.02. The van der Waals surface area contributed by atoms with Gasteiger partial charge >= 0.3 is 0 Å². The van der Waals surface area contributed by atoms with E-state index in [0.29, 0.717) is 24.0 Å². The van der Waals surface area contributed by atoms with Gasteiger partial charge in [0.2, 0.25) is 11.6 Å². The van der Waals surface area contributed by atoms with Gasteiger partial charge in [-0.3, -0.25) is 0 Å². The van der Waals surface area contributed by atoms with Crippen molar-refractivity contribution in [2.75, 3.05) is 13.7 Å². The minimum absolute atomic E-state index is 0.0852. The summed E-state index contributed by atoms with van der Waals surface area (Å²) in [5.74, 6) is -4.05. The number of halogens is 4. The third-order valence-corrected chi connectivity index (χ3v) is 6.47. The van der Waals surface area contributed by atoms with Crippen LogP contribution < -0.4 is 9.47 Å². The lowest BCUT2D eigenvalue weighted by Gasteiger charge is -2.29. The quantitative estimate of drug-likeness (QED) is 0.355. The molecule has 0 amide bonds. The van der Waals surface area contributed by atoms with Crippen molar-refractivity contribution in [1.82, 2.24) is 0 Å². The van der Waals surface area contributed by atoms with Crippen molar-refractivity contribution < 1.29 is 27.0 Å². The van der Waals surface area contributed by atoms with E-state index in [2.05, 4.69) is 0 Å². The van der Waals surface area contributed by atoms with E-state index in [1.807, 2.05) is 19.1 Å². The molecule has 1 aliphatic rings. The Kier molecular flexibility index (Phi) is 6.91. The van der Waals surface area contributed by atoms with Crippen molar-refractivity contribution in [3.63, 3.8) is 0 Å². The average Bonchev–Trinajstić information content (AvgIpc) is 2.83. The number of hydrogen-bond donors (Lipinski definition) is 0. The van der Waals surface area contributed by atoms with Gasteiger partial charge in [0.25, 0.3) is 0 Å². The van der Waals surface area contributed by atoms with E-state index in [1.54, 1.807) is 24.3 Å². The molecule has 6 heteroatoms. The van der Waals surface area contributed by atoms with E-state index in [4.69, 9.17) is 9.47 Å². The molecule has 1 aliphatic carbocycles. The molecule has 0 radical (unpaired) electrons. The molecule has 0 N–H and O–H groups in total. The highest BCUT2D eigenvalue weighted by Crippen LogP contribution is 2.39. The predicted octanol–water partition coefficient (Wildman–Crippen LogP) is 7.58. The fourth-order valence-electron chi connectivity index (χ4n) is 4.47. The first-order valence-electron chi connectivity index (χ1n) is 11.1. The van der Waals surface area contributed by atoms with Gasteiger partial charge in [0, 0.05) is 5.56 Å². The minimum Gasteiger partial charge on any atom is -0.494 e. The lowest BCUT2D eigenvalue weighted by molar-refractivity contribution is 0.191. The molecule has 0 spiro atoms. The molecule has 2 nitrogen and oxygen atoms in total. The van der Waals surface area contributed by atoms with Gasteiger partial charge in [-0.25, -0.2) is 8.78 Å². The van der Waals surface area contributed by atoms with E-state index in [1.165, 1.54) is 19.2 Å². The average molecular weight is 458 g/mol. The normalized spacial score (nSPS) is 18.2. The lowest BCUT2D eigenvalue weighted by Crippen LogP contribution is -2.20. The molecule has 1 fully saturated rings. The number of benzene rings is 3. The number of hydrogen-bond acceptors (Lipinski definition) is 2. The van der Waals surface area contributed by atoms with Crippen molar-refractivity contribution in [2.24, 2.45) is 5.92 Å². The topological polar surface area (TPSA) is 18.5 Å². The fraction of sp³-hybridized carbons (Fsp3) is 0.333. The van der Waals surface area contributed by atoms with Crippen LogP contribution in [0.15, 0.2) is 48.5 Å². The number of ether oxygens (including phenoxy) is 2. The Morgan fingerprint density at radius 1 is 0.727 bits per heavy atom. The number of aryl methyl sites for hydroxylation is 1. The van der Waals surface area contributed by atoms with E-state index in [9.17, 15) is 17.6 Å². The Morgan fingerprint density at radius 2 is 1.36 bits per heavy atom. The van der Waals surface area contributed by atoms with Crippen LogP contribution in [0.25, 0.3) is 11.1 Å². The molecule has 0 aliphatic heterocycles. The van der Waals surface area contributed by atoms with Gasteiger partial charge in [-0.05, 0) is 67.7 Å². The monoisotopic (exact) mass is 458 g/mol. The summed E-state index contributed by atoms with van der Waals surface area (Å²) < 4.78 is 68.0. The largest absolute Gasteiger partial charge is 0.494 e.